The highest BCUT2D eigenvalue weighted by molar-refractivity contribution is 7.89. The first-order chi connectivity index (χ1) is 8.42. The van der Waals surface area contributed by atoms with Crippen molar-refractivity contribution < 1.29 is 8.42 Å². The summed E-state index contributed by atoms with van der Waals surface area (Å²) in [6.07, 6.45) is 0.716. The molecule has 0 aliphatic rings. The highest BCUT2D eigenvalue weighted by Gasteiger charge is 2.19. The third-order valence-corrected chi connectivity index (χ3v) is 4.58. The molecule has 0 radical (unpaired) electrons. The predicted molar refractivity (Wildman–Crippen MR) is 74.7 cm³/mol. The van der Waals surface area contributed by atoms with E-state index in [0.717, 1.165) is 0 Å². The monoisotopic (exact) mass is 310 g/mol. The van der Waals surface area contributed by atoms with Gasteiger partial charge >= 0.3 is 0 Å². The van der Waals surface area contributed by atoms with Gasteiger partial charge in [0.25, 0.3) is 0 Å². The average molecular weight is 311 g/mol. The normalized spacial score (nSPS) is 11.8. The van der Waals surface area contributed by atoms with Gasteiger partial charge in [-0.05, 0) is 31.2 Å². The van der Waals surface area contributed by atoms with Crippen molar-refractivity contribution in [2.75, 3.05) is 13.6 Å². The molecule has 0 atom stereocenters. The molecular formula is C11H16Cl2N2O2S. The van der Waals surface area contributed by atoms with Crippen molar-refractivity contribution in [3.63, 3.8) is 0 Å². The van der Waals surface area contributed by atoms with Gasteiger partial charge in [0.15, 0.2) is 0 Å². The van der Waals surface area contributed by atoms with Crippen molar-refractivity contribution in [1.82, 2.24) is 10.0 Å². The third kappa shape index (κ3) is 3.83. The van der Waals surface area contributed by atoms with Crippen molar-refractivity contribution in [1.29, 1.82) is 0 Å². The third-order valence-electron chi connectivity index (χ3n) is 2.30. The van der Waals surface area contributed by atoms with Crippen LogP contribution in [0.1, 0.15) is 18.9 Å². The number of hydrogen-bond donors (Lipinski definition) is 2. The van der Waals surface area contributed by atoms with E-state index in [1.54, 1.807) is 7.05 Å². The van der Waals surface area contributed by atoms with E-state index in [9.17, 15) is 8.42 Å². The van der Waals surface area contributed by atoms with Crippen LogP contribution >= 0.6 is 23.2 Å². The van der Waals surface area contributed by atoms with Crippen LogP contribution in [0.5, 0.6) is 0 Å². The molecule has 1 aromatic rings. The summed E-state index contributed by atoms with van der Waals surface area (Å²) >= 11 is 11.9. The molecule has 0 aliphatic heterocycles. The van der Waals surface area contributed by atoms with E-state index < -0.39 is 10.0 Å². The van der Waals surface area contributed by atoms with Crippen LogP contribution in [0.25, 0.3) is 0 Å². The second kappa shape index (κ2) is 6.73. The molecule has 1 aromatic carbocycles. The molecule has 102 valence electrons. The molecule has 0 aliphatic carbocycles. The van der Waals surface area contributed by atoms with E-state index in [-0.39, 0.29) is 9.92 Å². The number of sulfonamides is 1. The smallest absolute Gasteiger partial charge is 0.242 e. The lowest BCUT2D eigenvalue weighted by atomic mass is 10.2. The molecule has 1 rings (SSSR count). The average Bonchev–Trinajstić information content (AvgIpc) is 2.30. The molecule has 0 heterocycles. The fourth-order valence-electron chi connectivity index (χ4n) is 1.42. The highest BCUT2D eigenvalue weighted by Crippen LogP contribution is 2.28. The lowest BCUT2D eigenvalue weighted by molar-refractivity contribution is 0.580. The Labute approximate surface area is 118 Å². The molecule has 0 saturated carbocycles. The second-order valence-electron chi connectivity index (χ2n) is 3.80. The van der Waals surface area contributed by atoms with Crippen LogP contribution in [-0.2, 0) is 16.6 Å². The van der Waals surface area contributed by atoms with Gasteiger partial charge in [0.1, 0.15) is 4.90 Å². The number of halogens is 2. The molecule has 4 nitrogen and oxygen atoms in total. The lowest BCUT2D eigenvalue weighted by Gasteiger charge is -2.11. The van der Waals surface area contributed by atoms with Crippen LogP contribution in [0.2, 0.25) is 10.0 Å². The minimum absolute atomic E-state index is 0.0623. The molecule has 0 aromatic heterocycles. The highest BCUT2D eigenvalue weighted by atomic mass is 35.5. The maximum atomic E-state index is 12.0. The molecule has 2 N–H and O–H groups in total. The standard InChI is InChI=1S/C11H16Cl2N2O2S/c1-3-4-15-18(16,17)11-5-8(7-14-2)9(12)6-10(11)13/h5-6,14-15H,3-4,7H2,1-2H3. The Bertz CT molecular complexity index is 518. The fourth-order valence-corrected chi connectivity index (χ4v) is 3.41. The van der Waals surface area contributed by atoms with E-state index in [4.69, 9.17) is 23.2 Å². The molecule has 0 fully saturated rings. The zero-order chi connectivity index (χ0) is 13.8. The minimum atomic E-state index is -3.58. The van der Waals surface area contributed by atoms with E-state index in [1.807, 2.05) is 6.92 Å². The van der Waals surface area contributed by atoms with Crippen LogP contribution in [0.4, 0.5) is 0 Å². The van der Waals surface area contributed by atoms with Crippen LogP contribution in [0, 0.1) is 0 Å². The van der Waals surface area contributed by atoms with E-state index >= 15 is 0 Å². The molecule has 0 amide bonds. The molecular weight excluding hydrogens is 295 g/mol. The summed E-state index contributed by atoms with van der Waals surface area (Å²) in [6.45, 7) is 2.74. The van der Waals surface area contributed by atoms with Crippen LogP contribution in [-0.4, -0.2) is 22.0 Å². The van der Waals surface area contributed by atoms with Crippen LogP contribution in [0.3, 0.4) is 0 Å². The van der Waals surface area contributed by atoms with Crippen molar-refractivity contribution in [2.24, 2.45) is 0 Å². The largest absolute Gasteiger partial charge is 0.316 e. The SMILES string of the molecule is CCCNS(=O)(=O)c1cc(CNC)c(Cl)cc1Cl. The van der Waals surface area contributed by atoms with Crippen molar-refractivity contribution >= 4 is 33.2 Å². The number of hydrogen-bond acceptors (Lipinski definition) is 3. The summed E-state index contributed by atoms with van der Waals surface area (Å²) in [5.41, 5.74) is 0.695. The fraction of sp³-hybridized carbons (Fsp3) is 0.455. The van der Waals surface area contributed by atoms with Gasteiger partial charge in [-0.2, -0.15) is 0 Å². The van der Waals surface area contributed by atoms with Crippen LogP contribution in [0.15, 0.2) is 17.0 Å². The van der Waals surface area contributed by atoms with Gasteiger partial charge in [-0.3, -0.25) is 0 Å². The van der Waals surface area contributed by atoms with Crippen molar-refractivity contribution in [3.05, 3.63) is 27.7 Å². The van der Waals surface area contributed by atoms with Crippen molar-refractivity contribution in [3.8, 4) is 0 Å². The van der Waals surface area contributed by atoms with E-state index in [0.29, 0.717) is 30.1 Å². The zero-order valence-electron chi connectivity index (χ0n) is 10.3. The quantitative estimate of drug-likeness (QED) is 0.848. The number of nitrogens with one attached hydrogen (secondary N) is 2. The number of benzene rings is 1. The second-order valence-corrected chi connectivity index (χ2v) is 6.35. The maximum Gasteiger partial charge on any atom is 0.242 e. The van der Waals surface area contributed by atoms with E-state index in [1.165, 1.54) is 12.1 Å². The summed E-state index contributed by atoms with van der Waals surface area (Å²) in [5, 5.41) is 3.50. The Kier molecular flexibility index (Phi) is 5.88. The summed E-state index contributed by atoms with van der Waals surface area (Å²) < 4.78 is 26.5. The van der Waals surface area contributed by atoms with E-state index in [2.05, 4.69) is 10.0 Å². The zero-order valence-corrected chi connectivity index (χ0v) is 12.6. The molecule has 0 spiro atoms. The first kappa shape index (κ1) is 15.7. The van der Waals surface area contributed by atoms with Gasteiger partial charge in [-0.1, -0.05) is 30.1 Å². The Morgan fingerprint density at radius 3 is 2.44 bits per heavy atom. The van der Waals surface area contributed by atoms with Gasteiger partial charge in [-0.25, -0.2) is 13.1 Å². The molecule has 0 saturated heterocycles. The van der Waals surface area contributed by atoms with Crippen LogP contribution < -0.4 is 10.0 Å². The Morgan fingerprint density at radius 1 is 1.22 bits per heavy atom. The maximum absolute atomic E-state index is 12.0. The van der Waals surface area contributed by atoms with Crippen molar-refractivity contribution in [2.45, 2.75) is 24.8 Å². The van der Waals surface area contributed by atoms with Gasteiger partial charge in [-0.15, -0.1) is 0 Å². The Hall–Kier alpha value is -0.330. The molecule has 7 heteroatoms. The minimum Gasteiger partial charge on any atom is -0.316 e. The number of rotatable bonds is 6. The Balaban J connectivity index is 3.19. The first-order valence-corrected chi connectivity index (χ1v) is 7.78. The summed E-state index contributed by atoms with van der Waals surface area (Å²) in [5.74, 6) is 0. The molecule has 0 unspecified atom stereocenters. The molecule has 18 heavy (non-hydrogen) atoms. The first-order valence-electron chi connectivity index (χ1n) is 5.54. The Morgan fingerprint density at radius 2 is 1.89 bits per heavy atom. The summed E-state index contributed by atoms with van der Waals surface area (Å²) in [4.78, 5) is 0.0623. The molecule has 0 bridgehead atoms. The van der Waals surface area contributed by atoms with Gasteiger partial charge < -0.3 is 5.32 Å². The predicted octanol–water partition coefficient (Wildman–Crippen LogP) is 2.40. The summed E-state index contributed by atoms with van der Waals surface area (Å²) in [7, 11) is -1.82. The summed E-state index contributed by atoms with van der Waals surface area (Å²) in [6, 6.07) is 2.95. The van der Waals surface area contributed by atoms with Gasteiger partial charge in [0.2, 0.25) is 10.0 Å². The van der Waals surface area contributed by atoms with Gasteiger partial charge in [0.05, 0.1) is 5.02 Å². The topological polar surface area (TPSA) is 58.2 Å². The van der Waals surface area contributed by atoms with Gasteiger partial charge in [0, 0.05) is 18.1 Å². The lowest BCUT2D eigenvalue weighted by Crippen LogP contribution is -2.25.